The first-order chi connectivity index (χ1) is 7.35. The van der Waals surface area contributed by atoms with Crippen LogP contribution in [0.4, 0.5) is 0 Å². The summed E-state index contributed by atoms with van der Waals surface area (Å²) < 4.78 is 5.39. The van der Waals surface area contributed by atoms with Crippen LogP contribution in [0.1, 0.15) is 33.5 Å². The lowest BCUT2D eigenvalue weighted by molar-refractivity contribution is 0.306. The molecule has 90 valence electrons. The van der Waals surface area contributed by atoms with Crippen molar-refractivity contribution >= 4 is 0 Å². The number of hydrogen-bond acceptors (Lipinski definition) is 2. The monoisotopic (exact) mass is 221 g/mol. The van der Waals surface area contributed by atoms with Gasteiger partial charge in [-0.1, -0.05) is 13.0 Å². The first kappa shape index (κ1) is 13.0. The molecule has 0 bridgehead atoms. The molecule has 1 heterocycles. The van der Waals surface area contributed by atoms with Gasteiger partial charge in [-0.25, -0.2) is 0 Å². The summed E-state index contributed by atoms with van der Waals surface area (Å²) in [5.74, 6) is 1.01. The summed E-state index contributed by atoms with van der Waals surface area (Å²) in [4.78, 5) is 0. The Bertz CT molecular complexity index is 321. The molecule has 2 heteroatoms. The topological polar surface area (TPSA) is 25.2 Å². The van der Waals surface area contributed by atoms with E-state index >= 15 is 0 Å². The molecule has 1 N–H and O–H groups in total. The fraction of sp³-hybridized carbons (Fsp3) is 0.571. The van der Waals surface area contributed by atoms with Crippen molar-refractivity contribution in [2.75, 3.05) is 6.54 Å². The second-order valence-electron chi connectivity index (χ2n) is 5.72. The first-order valence-electron chi connectivity index (χ1n) is 5.76. The third-order valence-electron chi connectivity index (χ3n) is 2.67. The second-order valence-corrected chi connectivity index (χ2v) is 5.72. The zero-order chi connectivity index (χ0) is 12.2. The highest BCUT2D eigenvalue weighted by atomic mass is 16.3. The highest BCUT2D eigenvalue weighted by Gasteiger charge is 2.24. The van der Waals surface area contributed by atoms with E-state index in [2.05, 4.69) is 39.6 Å². The maximum absolute atomic E-state index is 5.39. The van der Waals surface area contributed by atoms with Crippen molar-refractivity contribution in [1.82, 2.24) is 5.32 Å². The van der Waals surface area contributed by atoms with Gasteiger partial charge in [-0.05, 0) is 32.9 Å². The molecule has 1 atom stereocenters. The Balaban J connectivity index is 2.60. The molecule has 0 amide bonds. The Kier molecular flexibility index (Phi) is 3.98. The third kappa shape index (κ3) is 4.23. The van der Waals surface area contributed by atoms with Gasteiger partial charge in [0.15, 0.2) is 0 Å². The predicted molar refractivity (Wildman–Crippen MR) is 68.5 cm³/mol. The van der Waals surface area contributed by atoms with Gasteiger partial charge in [-0.2, -0.15) is 0 Å². The minimum absolute atomic E-state index is 0.0329. The van der Waals surface area contributed by atoms with Crippen LogP contribution in [0.2, 0.25) is 0 Å². The molecule has 0 saturated carbocycles. The van der Waals surface area contributed by atoms with E-state index in [1.807, 2.05) is 18.2 Å². The lowest BCUT2D eigenvalue weighted by atomic mass is 9.85. The van der Waals surface area contributed by atoms with Gasteiger partial charge in [0.2, 0.25) is 0 Å². The van der Waals surface area contributed by atoms with E-state index in [9.17, 15) is 0 Å². The van der Waals surface area contributed by atoms with E-state index in [4.69, 9.17) is 4.42 Å². The van der Waals surface area contributed by atoms with Gasteiger partial charge in [-0.15, -0.1) is 6.58 Å². The molecule has 1 aromatic rings. The van der Waals surface area contributed by atoms with Crippen molar-refractivity contribution in [3.05, 3.63) is 36.8 Å². The molecule has 0 aromatic carbocycles. The van der Waals surface area contributed by atoms with Gasteiger partial charge in [0, 0.05) is 23.9 Å². The molecule has 0 fully saturated rings. The van der Waals surface area contributed by atoms with Crippen molar-refractivity contribution in [1.29, 1.82) is 0 Å². The van der Waals surface area contributed by atoms with Crippen LogP contribution < -0.4 is 5.32 Å². The van der Waals surface area contributed by atoms with Crippen LogP contribution >= 0.6 is 0 Å². The number of rotatable bonds is 5. The van der Waals surface area contributed by atoms with Gasteiger partial charge in [0.1, 0.15) is 5.76 Å². The van der Waals surface area contributed by atoms with Crippen LogP contribution in [-0.4, -0.2) is 12.1 Å². The highest BCUT2D eigenvalue weighted by molar-refractivity contribution is 5.07. The van der Waals surface area contributed by atoms with Crippen molar-refractivity contribution < 1.29 is 4.42 Å². The normalized spacial score (nSPS) is 15.8. The van der Waals surface area contributed by atoms with Crippen molar-refractivity contribution in [2.24, 2.45) is 5.41 Å². The predicted octanol–water partition coefficient (Wildman–Crippen LogP) is 3.40. The van der Waals surface area contributed by atoms with E-state index in [1.54, 1.807) is 6.26 Å². The molecule has 1 unspecified atom stereocenters. The zero-order valence-corrected chi connectivity index (χ0v) is 10.8. The van der Waals surface area contributed by atoms with Crippen molar-refractivity contribution in [2.45, 2.75) is 39.7 Å². The van der Waals surface area contributed by atoms with Crippen LogP contribution in [0.3, 0.4) is 0 Å². The number of furan rings is 1. The molecule has 2 nitrogen and oxygen atoms in total. The van der Waals surface area contributed by atoms with E-state index in [1.165, 1.54) is 0 Å². The molecule has 0 saturated heterocycles. The summed E-state index contributed by atoms with van der Waals surface area (Å²) in [5, 5.41) is 3.51. The Morgan fingerprint density at radius 3 is 2.50 bits per heavy atom. The summed E-state index contributed by atoms with van der Waals surface area (Å²) in [5.41, 5.74) is 0.165. The van der Waals surface area contributed by atoms with E-state index < -0.39 is 0 Å². The average molecular weight is 221 g/mol. The Hall–Kier alpha value is -1.02. The Labute approximate surface area is 98.7 Å². The molecule has 1 rings (SSSR count). The lowest BCUT2D eigenvalue weighted by Gasteiger charge is -2.30. The Morgan fingerprint density at radius 2 is 2.06 bits per heavy atom. The number of nitrogens with one attached hydrogen (secondary N) is 1. The summed E-state index contributed by atoms with van der Waals surface area (Å²) in [6.07, 6.45) is 4.61. The van der Waals surface area contributed by atoms with Crippen molar-refractivity contribution in [3.8, 4) is 0 Å². The largest absolute Gasteiger partial charge is 0.469 e. The third-order valence-corrected chi connectivity index (χ3v) is 2.67. The maximum atomic E-state index is 5.39. The summed E-state index contributed by atoms with van der Waals surface area (Å²) >= 11 is 0. The molecule has 0 spiro atoms. The van der Waals surface area contributed by atoms with Gasteiger partial charge >= 0.3 is 0 Å². The molecule has 1 aromatic heterocycles. The minimum atomic E-state index is 0.0329. The van der Waals surface area contributed by atoms with Gasteiger partial charge in [-0.3, -0.25) is 0 Å². The van der Waals surface area contributed by atoms with E-state index in [0.717, 1.165) is 18.7 Å². The quantitative estimate of drug-likeness (QED) is 0.771. The average Bonchev–Trinajstić information content (AvgIpc) is 2.66. The molecule has 0 radical (unpaired) electrons. The van der Waals surface area contributed by atoms with Crippen LogP contribution in [-0.2, 0) is 6.42 Å². The minimum Gasteiger partial charge on any atom is -0.469 e. The van der Waals surface area contributed by atoms with E-state index in [0.29, 0.717) is 0 Å². The molecule has 0 aliphatic heterocycles. The number of hydrogen-bond donors (Lipinski definition) is 1. The summed E-state index contributed by atoms with van der Waals surface area (Å²) in [6, 6.07) is 3.94. The molecule has 0 aliphatic rings. The molecular formula is C14H23NO. The standard InChI is InChI=1S/C14H23NO/c1-6-14(5,11-15-13(2,3)4)10-12-8-7-9-16-12/h6-9,15H,1,10-11H2,2-5H3. The smallest absolute Gasteiger partial charge is 0.104 e. The molecular weight excluding hydrogens is 198 g/mol. The first-order valence-corrected chi connectivity index (χ1v) is 5.76. The summed E-state index contributed by atoms with van der Waals surface area (Å²) in [6.45, 7) is 13.5. The van der Waals surface area contributed by atoms with E-state index in [-0.39, 0.29) is 11.0 Å². The summed E-state index contributed by atoms with van der Waals surface area (Å²) in [7, 11) is 0. The van der Waals surface area contributed by atoms with Crippen LogP contribution in [0, 0.1) is 5.41 Å². The Morgan fingerprint density at radius 1 is 1.38 bits per heavy atom. The van der Waals surface area contributed by atoms with Crippen LogP contribution in [0.15, 0.2) is 35.5 Å². The van der Waals surface area contributed by atoms with Gasteiger partial charge < -0.3 is 9.73 Å². The van der Waals surface area contributed by atoms with Gasteiger partial charge in [0.25, 0.3) is 0 Å². The van der Waals surface area contributed by atoms with Gasteiger partial charge in [0.05, 0.1) is 6.26 Å². The van der Waals surface area contributed by atoms with Crippen molar-refractivity contribution in [3.63, 3.8) is 0 Å². The molecule has 0 aliphatic carbocycles. The fourth-order valence-corrected chi connectivity index (χ4v) is 1.49. The van der Waals surface area contributed by atoms with Crippen LogP contribution in [0.5, 0.6) is 0 Å². The van der Waals surface area contributed by atoms with Crippen LogP contribution in [0.25, 0.3) is 0 Å². The maximum Gasteiger partial charge on any atom is 0.104 e. The molecule has 16 heavy (non-hydrogen) atoms. The SMILES string of the molecule is C=CC(C)(CNC(C)(C)C)Cc1ccco1. The zero-order valence-electron chi connectivity index (χ0n) is 10.8. The lowest BCUT2D eigenvalue weighted by Crippen LogP contribution is -2.43. The second kappa shape index (κ2) is 4.88. The fourth-order valence-electron chi connectivity index (χ4n) is 1.49. The highest BCUT2D eigenvalue weighted by Crippen LogP contribution is 2.24.